The molecule has 0 aliphatic heterocycles. The van der Waals surface area contributed by atoms with Crippen LogP contribution >= 0.6 is 11.6 Å². The standard InChI is InChI=1S/C17H17ClN2O4/c1-11-5-3-4-6-13(11)16(24-2)10-19-17(21)14-9-12(20(22)23)7-8-15(14)18/h3-9,16H,10H2,1-2H3,(H,19,21). The van der Waals surface area contributed by atoms with E-state index in [0.717, 1.165) is 17.2 Å². The van der Waals surface area contributed by atoms with Crippen molar-refractivity contribution in [1.82, 2.24) is 5.32 Å². The first kappa shape index (κ1) is 17.9. The fourth-order valence-corrected chi connectivity index (χ4v) is 2.55. The number of ether oxygens (including phenoxy) is 1. The number of nitro benzene ring substituents is 1. The van der Waals surface area contributed by atoms with Gasteiger partial charge in [0.25, 0.3) is 11.6 Å². The van der Waals surface area contributed by atoms with Crippen molar-refractivity contribution in [2.45, 2.75) is 13.0 Å². The van der Waals surface area contributed by atoms with Crippen LogP contribution in [0, 0.1) is 17.0 Å². The predicted octanol–water partition coefficient (Wildman–Crippen LogP) is 3.67. The number of nitrogens with one attached hydrogen (secondary N) is 1. The van der Waals surface area contributed by atoms with Crippen molar-refractivity contribution >= 4 is 23.2 Å². The molecule has 7 heteroatoms. The van der Waals surface area contributed by atoms with Gasteiger partial charge in [0, 0.05) is 25.8 Å². The Morgan fingerprint density at radius 3 is 2.67 bits per heavy atom. The summed E-state index contributed by atoms with van der Waals surface area (Å²) in [4.78, 5) is 22.6. The first-order valence-corrected chi connectivity index (χ1v) is 7.62. The average molecular weight is 349 g/mol. The zero-order valence-corrected chi connectivity index (χ0v) is 14.0. The molecule has 0 heterocycles. The maximum Gasteiger partial charge on any atom is 0.270 e. The molecule has 24 heavy (non-hydrogen) atoms. The molecule has 0 fully saturated rings. The Morgan fingerprint density at radius 2 is 2.04 bits per heavy atom. The molecule has 0 saturated heterocycles. The molecule has 6 nitrogen and oxygen atoms in total. The molecule has 1 atom stereocenters. The third kappa shape index (κ3) is 4.10. The van der Waals surface area contributed by atoms with Crippen LogP contribution in [0.25, 0.3) is 0 Å². The fourth-order valence-electron chi connectivity index (χ4n) is 2.35. The van der Waals surface area contributed by atoms with E-state index in [1.807, 2.05) is 31.2 Å². The topological polar surface area (TPSA) is 81.5 Å². The number of rotatable bonds is 6. The third-order valence-corrected chi connectivity index (χ3v) is 4.00. The molecule has 0 saturated carbocycles. The van der Waals surface area contributed by atoms with Gasteiger partial charge in [-0.3, -0.25) is 14.9 Å². The summed E-state index contributed by atoms with van der Waals surface area (Å²) in [6.45, 7) is 2.18. The maximum atomic E-state index is 12.3. The van der Waals surface area contributed by atoms with E-state index < -0.39 is 10.8 Å². The summed E-state index contributed by atoms with van der Waals surface area (Å²) >= 11 is 5.97. The smallest absolute Gasteiger partial charge is 0.270 e. The van der Waals surface area contributed by atoms with Gasteiger partial charge in [0.05, 0.1) is 21.6 Å². The van der Waals surface area contributed by atoms with Crippen LogP contribution < -0.4 is 5.32 Å². The van der Waals surface area contributed by atoms with Crippen molar-refractivity contribution in [2.24, 2.45) is 0 Å². The number of halogens is 1. The second kappa shape index (κ2) is 7.90. The van der Waals surface area contributed by atoms with Crippen LogP contribution in [0.15, 0.2) is 42.5 Å². The number of benzene rings is 2. The Morgan fingerprint density at radius 1 is 1.33 bits per heavy atom. The Balaban J connectivity index is 2.14. The summed E-state index contributed by atoms with van der Waals surface area (Å²) in [6.07, 6.45) is -0.326. The fraction of sp³-hybridized carbons (Fsp3) is 0.235. The zero-order chi connectivity index (χ0) is 17.7. The van der Waals surface area contributed by atoms with Gasteiger partial charge < -0.3 is 10.1 Å². The van der Waals surface area contributed by atoms with Crippen LogP contribution in [-0.2, 0) is 4.74 Å². The quantitative estimate of drug-likeness (QED) is 0.637. The van der Waals surface area contributed by atoms with Crippen LogP contribution in [0.4, 0.5) is 5.69 Å². The highest BCUT2D eigenvalue weighted by molar-refractivity contribution is 6.33. The molecule has 0 radical (unpaired) electrons. The highest BCUT2D eigenvalue weighted by atomic mass is 35.5. The van der Waals surface area contributed by atoms with Gasteiger partial charge in [-0.25, -0.2) is 0 Å². The number of methoxy groups -OCH3 is 1. The molecular weight excluding hydrogens is 332 g/mol. The average Bonchev–Trinajstić information content (AvgIpc) is 2.56. The minimum Gasteiger partial charge on any atom is -0.375 e. The van der Waals surface area contributed by atoms with Crippen molar-refractivity contribution in [3.8, 4) is 0 Å². The van der Waals surface area contributed by atoms with Crippen LogP contribution in [0.3, 0.4) is 0 Å². The van der Waals surface area contributed by atoms with E-state index in [0.29, 0.717) is 0 Å². The molecule has 0 bridgehead atoms. The first-order chi connectivity index (χ1) is 11.4. The Kier molecular flexibility index (Phi) is 5.89. The molecular formula is C17H17ClN2O4. The Labute approximate surface area is 144 Å². The largest absolute Gasteiger partial charge is 0.375 e. The summed E-state index contributed by atoms with van der Waals surface area (Å²) in [6, 6.07) is 11.5. The first-order valence-electron chi connectivity index (χ1n) is 7.24. The normalized spacial score (nSPS) is 11.8. The van der Waals surface area contributed by atoms with Gasteiger partial charge in [-0.2, -0.15) is 0 Å². The second-order valence-corrected chi connectivity index (χ2v) is 5.62. The summed E-state index contributed by atoms with van der Waals surface area (Å²) in [7, 11) is 1.56. The summed E-state index contributed by atoms with van der Waals surface area (Å²) in [5, 5.41) is 13.7. The molecule has 0 spiro atoms. The Bertz CT molecular complexity index is 764. The van der Waals surface area contributed by atoms with Gasteiger partial charge in [0.2, 0.25) is 0 Å². The maximum absolute atomic E-state index is 12.3. The van der Waals surface area contributed by atoms with E-state index in [2.05, 4.69) is 5.32 Å². The van der Waals surface area contributed by atoms with Gasteiger partial charge in [-0.05, 0) is 24.1 Å². The van der Waals surface area contributed by atoms with E-state index >= 15 is 0 Å². The molecule has 0 aliphatic carbocycles. The minimum absolute atomic E-state index is 0.0607. The van der Waals surface area contributed by atoms with E-state index in [9.17, 15) is 14.9 Å². The number of aryl methyl sites for hydroxylation is 1. The molecule has 1 N–H and O–H groups in total. The number of nitrogens with zero attached hydrogens (tertiary/aromatic N) is 1. The third-order valence-electron chi connectivity index (χ3n) is 3.67. The lowest BCUT2D eigenvalue weighted by molar-refractivity contribution is -0.384. The van der Waals surface area contributed by atoms with Crippen molar-refractivity contribution < 1.29 is 14.5 Å². The molecule has 2 aromatic carbocycles. The van der Waals surface area contributed by atoms with Crippen molar-refractivity contribution in [1.29, 1.82) is 0 Å². The van der Waals surface area contributed by atoms with Crippen LogP contribution in [-0.4, -0.2) is 24.5 Å². The van der Waals surface area contributed by atoms with Crippen LogP contribution in [0.1, 0.15) is 27.6 Å². The SMILES string of the molecule is COC(CNC(=O)c1cc([N+](=O)[O-])ccc1Cl)c1ccccc1C. The number of nitro groups is 1. The summed E-state index contributed by atoms with van der Waals surface area (Å²) < 4.78 is 5.44. The van der Waals surface area contributed by atoms with E-state index in [4.69, 9.17) is 16.3 Å². The van der Waals surface area contributed by atoms with Gasteiger partial charge in [-0.1, -0.05) is 35.9 Å². The van der Waals surface area contributed by atoms with E-state index in [1.165, 1.54) is 12.1 Å². The number of hydrogen-bond acceptors (Lipinski definition) is 4. The van der Waals surface area contributed by atoms with Gasteiger partial charge in [-0.15, -0.1) is 0 Å². The molecule has 126 valence electrons. The molecule has 0 aliphatic rings. The molecule has 2 aromatic rings. The van der Waals surface area contributed by atoms with Gasteiger partial charge >= 0.3 is 0 Å². The van der Waals surface area contributed by atoms with E-state index in [-0.39, 0.29) is 28.9 Å². The minimum atomic E-state index is -0.571. The predicted molar refractivity (Wildman–Crippen MR) is 91.4 cm³/mol. The van der Waals surface area contributed by atoms with Crippen LogP contribution in [0.2, 0.25) is 5.02 Å². The van der Waals surface area contributed by atoms with Crippen molar-refractivity contribution in [2.75, 3.05) is 13.7 Å². The summed E-state index contributed by atoms with van der Waals surface area (Å²) in [5.74, 6) is -0.487. The molecule has 0 aromatic heterocycles. The van der Waals surface area contributed by atoms with Crippen LogP contribution in [0.5, 0.6) is 0 Å². The monoisotopic (exact) mass is 348 g/mol. The zero-order valence-electron chi connectivity index (χ0n) is 13.3. The van der Waals surface area contributed by atoms with Crippen molar-refractivity contribution in [3.63, 3.8) is 0 Å². The van der Waals surface area contributed by atoms with E-state index in [1.54, 1.807) is 7.11 Å². The molecule has 2 rings (SSSR count). The number of hydrogen-bond donors (Lipinski definition) is 1. The number of carbonyl (C=O) groups is 1. The summed E-state index contributed by atoms with van der Waals surface area (Å²) in [5.41, 5.74) is 1.88. The lowest BCUT2D eigenvalue weighted by atomic mass is 10.0. The van der Waals surface area contributed by atoms with Gasteiger partial charge in [0.15, 0.2) is 0 Å². The lowest BCUT2D eigenvalue weighted by Crippen LogP contribution is -2.29. The second-order valence-electron chi connectivity index (χ2n) is 5.21. The van der Waals surface area contributed by atoms with Gasteiger partial charge in [0.1, 0.15) is 0 Å². The number of carbonyl (C=O) groups excluding carboxylic acids is 1. The van der Waals surface area contributed by atoms with Crippen molar-refractivity contribution in [3.05, 3.63) is 74.3 Å². The Hall–Kier alpha value is -2.44. The lowest BCUT2D eigenvalue weighted by Gasteiger charge is -2.18. The highest BCUT2D eigenvalue weighted by Gasteiger charge is 2.18. The molecule has 1 amide bonds. The highest BCUT2D eigenvalue weighted by Crippen LogP contribution is 2.23. The molecule has 1 unspecified atom stereocenters. The number of amides is 1. The number of non-ortho nitro benzene ring substituents is 1.